The van der Waals surface area contributed by atoms with Crippen molar-refractivity contribution in [2.24, 2.45) is 0 Å². The van der Waals surface area contributed by atoms with Crippen LogP contribution in [0.2, 0.25) is 0 Å². The fourth-order valence-electron chi connectivity index (χ4n) is 2.02. The summed E-state index contributed by atoms with van der Waals surface area (Å²) < 4.78 is 0. The van der Waals surface area contributed by atoms with Crippen LogP contribution in [-0.2, 0) is 5.60 Å². The Morgan fingerprint density at radius 2 is 1.38 bits per heavy atom. The van der Waals surface area contributed by atoms with E-state index in [1.54, 1.807) is 30.3 Å². The monoisotopic (exact) mass is 288 g/mol. The van der Waals surface area contributed by atoms with Gasteiger partial charge in [0.05, 0.1) is 15.9 Å². The zero-order valence-electron chi connectivity index (χ0n) is 11.1. The fraction of sp³-hybridized carbons (Fsp3) is 0.143. The molecule has 0 aliphatic heterocycles. The summed E-state index contributed by atoms with van der Waals surface area (Å²) in [6, 6.07) is 11.6. The Bertz CT molecular complexity index is 666. The smallest absolute Gasteiger partial charge is 0.276 e. The molecule has 1 N–H and O–H groups in total. The van der Waals surface area contributed by atoms with Gasteiger partial charge in [-0.1, -0.05) is 30.3 Å². The van der Waals surface area contributed by atoms with Gasteiger partial charge in [0.15, 0.2) is 0 Å². The molecule has 0 aliphatic carbocycles. The van der Waals surface area contributed by atoms with E-state index in [1.807, 2.05) is 0 Å². The number of nitrogens with zero attached hydrogens (tertiary/aromatic N) is 2. The molecule has 0 saturated heterocycles. The lowest BCUT2D eigenvalue weighted by atomic mass is 9.88. The number of nitro groups is 2. The van der Waals surface area contributed by atoms with E-state index in [0.717, 1.165) is 18.2 Å². The molecule has 21 heavy (non-hydrogen) atoms. The van der Waals surface area contributed by atoms with Gasteiger partial charge < -0.3 is 5.11 Å². The summed E-state index contributed by atoms with van der Waals surface area (Å²) in [5, 5.41) is 32.4. The van der Waals surface area contributed by atoms with Crippen molar-refractivity contribution in [2.75, 3.05) is 0 Å². The van der Waals surface area contributed by atoms with E-state index in [0.29, 0.717) is 5.56 Å². The van der Waals surface area contributed by atoms with Gasteiger partial charge in [-0.15, -0.1) is 0 Å². The molecule has 0 bridgehead atoms. The molecule has 7 heteroatoms. The van der Waals surface area contributed by atoms with Crippen LogP contribution in [-0.4, -0.2) is 15.0 Å². The van der Waals surface area contributed by atoms with Gasteiger partial charge in [0.1, 0.15) is 5.60 Å². The van der Waals surface area contributed by atoms with Crippen molar-refractivity contribution < 1.29 is 15.0 Å². The molecular weight excluding hydrogens is 276 g/mol. The van der Waals surface area contributed by atoms with Crippen LogP contribution in [0.25, 0.3) is 0 Å². The first-order valence-corrected chi connectivity index (χ1v) is 6.04. The van der Waals surface area contributed by atoms with Gasteiger partial charge in [0.2, 0.25) is 0 Å². The summed E-state index contributed by atoms with van der Waals surface area (Å²) in [5.74, 6) is 0. The predicted molar refractivity (Wildman–Crippen MR) is 74.9 cm³/mol. The third-order valence-corrected chi connectivity index (χ3v) is 3.22. The van der Waals surface area contributed by atoms with Crippen molar-refractivity contribution in [3.63, 3.8) is 0 Å². The Hall–Kier alpha value is -2.80. The normalized spacial score (nSPS) is 13.4. The minimum atomic E-state index is -1.57. The average Bonchev–Trinajstić information content (AvgIpc) is 2.47. The third kappa shape index (κ3) is 2.87. The van der Waals surface area contributed by atoms with E-state index in [2.05, 4.69) is 0 Å². The summed E-state index contributed by atoms with van der Waals surface area (Å²) in [4.78, 5) is 20.3. The van der Waals surface area contributed by atoms with Crippen molar-refractivity contribution in [3.8, 4) is 0 Å². The molecule has 0 amide bonds. The first-order chi connectivity index (χ1) is 9.82. The number of rotatable bonds is 4. The number of benzene rings is 2. The van der Waals surface area contributed by atoms with Gasteiger partial charge in [0, 0.05) is 17.7 Å². The second kappa shape index (κ2) is 5.29. The lowest BCUT2D eigenvalue weighted by Crippen LogP contribution is -2.23. The van der Waals surface area contributed by atoms with E-state index >= 15 is 0 Å². The maximum atomic E-state index is 10.9. The van der Waals surface area contributed by atoms with Crippen molar-refractivity contribution in [3.05, 3.63) is 79.9 Å². The van der Waals surface area contributed by atoms with Crippen LogP contribution in [0.15, 0.2) is 48.5 Å². The van der Waals surface area contributed by atoms with Gasteiger partial charge in [-0.3, -0.25) is 20.2 Å². The molecule has 0 radical (unpaired) electrons. The SMILES string of the molecule is CC(O)(c1ccccc1)c1cc([N+](=O)[O-])cc([N+](=O)[O-])c1. The molecule has 0 aromatic heterocycles. The molecule has 2 rings (SSSR count). The van der Waals surface area contributed by atoms with Crippen LogP contribution >= 0.6 is 0 Å². The van der Waals surface area contributed by atoms with Gasteiger partial charge in [0.25, 0.3) is 11.4 Å². The number of hydrogen-bond donors (Lipinski definition) is 1. The standard InChI is InChI=1S/C14H12N2O5/c1-14(17,10-5-3-2-4-6-10)11-7-12(15(18)19)9-13(8-11)16(20)21/h2-9,17H,1H3. The highest BCUT2D eigenvalue weighted by atomic mass is 16.6. The Balaban J connectivity index is 2.62. The summed E-state index contributed by atoms with van der Waals surface area (Å²) in [7, 11) is 0. The van der Waals surface area contributed by atoms with Crippen LogP contribution in [0.5, 0.6) is 0 Å². The molecule has 7 nitrogen and oxygen atoms in total. The third-order valence-electron chi connectivity index (χ3n) is 3.22. The van der Waals surface area contributed by atoms with E-state index in [1.165, 1.54) is 6.92 Å². The van der Waals surface area contributed by atoms with Crippen molar-refractivity contribution in [2.45, 2.75) is 12.5 Å². The molecule has 1 atom stereocenters. The topological polar surface area (TPSA) is 107 Å². The summed E-state index contributed by atoms with van der Waals surface area (Å²) in [6.45, 7) is 1.44. The zero-order valence-corrected chi connectivity index (χ0v) is 11.1. The van der Waals surface area contributed by atoms with Gasteiger partial charge in [-0.05, 0) is 12.5 Å². The van der Waals surface area contributed by atoms with Crippen molar-refractivity contribution >= 4 is 11.4 Å². The molecule has 1 unspecified atom stereocenters. The molecule has 0 aliphatic rings. The molecule has 0 heterocycles. The lowest BCUT2D eigenvalue weighted by molar-refractivity contribution is -0.394. The van der Waals surface area contributed by atoms with Gasteiger partial charge in [-0.2, -0.15) is 0 Å². The maximum absolute atomic E-state index is 10.9. The first-order valence-electron chi connectivity index (χ1n) is 6.04. The van der Waals surface area contributed by atoms with Crippen LogP contribution in [0.1, 0.15) is 18.1 Å². The largest absolute Gasteiger partial charge is 0.381 e. The Kier molecular flexibility index (Phi) is 3.68. The number of nitro benzene ring substituents is 2. The maximum Gasteiger partial charge on any atom is 0.276 e. The van der Waals surface area contributed by atoms with Crippen molar-refractivity contribution in [1.82, 2.24) is 0 Å². The molecule has 108 valence electrons. The zero-order chi connectivity index (χ0) is 15.6. The second-order valence-corrected chi connectivity index (χ2v) is 4.69. The van der Waals surface area contributed by atoms with Gasteiger partial charge in [-0.25, -0.2) is 0 Å². The van der Waals surface area contributed by atoms with E-state index in [9.17, 15) is 25.3 Å². The van der Waals surface area contributed by atoms with Crippen molar-refractivity contribution in [1.29, 1.82) is 0 Å². The van der Waals surface area contributed by atoms with Crippen LogP contribution < -0.4 is 0 Å². The van der Waals surface area contributed by atoms with Gasteiger partial charge >= 0.3 is 0 Å². The van der Waals surface area contributed by atoms with Crippen LogP contribution in [0.4, 0.5) is 11.4 Å². The molecule has 0 spiro atoms. The van der Waals surface area contributed by atoms with E-state index in [4.69, 9.17) is 0 Å². The fourth-order valence-corrected chi connectivity index (χ4v) is 2.02. The highest BCUT2D eigenvalue weighted by Gasteiger charge is 2.30. The molecule has 2 aromatic carbocycles. The highest BCUT2D eigenvalue weighted by molar-refractivity contribution is 5.50. The number of non-ortho nitro benzene ring substituents is 2. The Morgan fingerprint density at radius 1 is 0.905 bits per heavy atom. The molecule has 0 saturated carbocycles. The second-order valence-electron chi connectivity index (χ2n) is 4.69. The number of hydrogen-bond acceptors (Lipinski definition) is 5. The first kappa shape index (κ1) is 14.6. The van der Waals surface area contributed by atoms with E-state index < -0.39 is 26.8 Å². The molecular formula is C14H12N2O5. The molecule has 2 aromatic rings. The lowest BCUT2D eigenvalue weighted by Gasteiger charge is -2.24. The Morgan fingerprint density at radius 3 is 1.81 bits per heavy atom. The van der Waals surface area contributed by atoms with E-state index in [-0.39, 0.29) is 5.56 Å². The minimum absolute atomic E-state index is 0.0922. The quantitative estimate of drug-likeness (QED) is 0.687. The summed E-state index contributed by atoms with van der Waals surface area (Å²) in [5.41, 5.74) is -1.86. The average molecular weight is 288 g/mol. The highest BCUT2D eigenvalue weighted by Crippen LogP contribution is 2.34. The number of aliphatic hydroxyl groups is 1. The molecule has 0 fully saturated rings. The summed E-state index contributed by atoms with van der Waals surface area (Å²) in [6.07, 6.45) is 0. The summed E-state index contributed by atoms with van der Waals surface area (Å²) >= 11 is 0. The predicted octanol–water partition coefficient (Wildman–Crippen LogP) is 2.76. The Labute approximate surface area is 119 Å². The van der Waals surface area contributed by atoms with Crippen LogP contribution in [0, 0.1) is 20.2 Å². The van der Waals surface area contributed by atoms with Crippen LogP contribution in [0.3, 0.4) is 0 Å². The minimum Gasteiger partial charge on any atom is -0.381 e.